The lowest BCUT2D eigenvalue weighted by molar-refractivity contribution is -0.144. The van der Waals surface area contributed by atoms with Crippen LogP contribution >= 0.6 is 0 Å². The first-order valence-electron chi connectivity index (χ1n) is 10.6. The van der Waals surface area contributed by atoms with Gasteiger partial charge in [-0.1, -0.05) is 6.07 Å². The summed E-state index contributed by atoms with van der Waals surface area (Å²) in [5.74, 6) is -1.76. The van der Waals surface area contributed by atoms with E-state index in [1.807, 2.05) is 6.92 Å². The van der Waals surface area contributed by atoms with Gasteiger partial charge in [0.25, 0.3) is 11.8 Å². The van der Waals surface area contributed by atoms with Crippen LogP contribution in [0.25, 0.3) is 6.08 Å². The molecule has 1 atom stereocenters. The molecule has 1 saturated heterocycles. The van der Waals surface area contributed by atoms with Gasteiger partial charge in [0.1, 0.15) is 11.3 Å². The van der Waals surface area contributed by atoms with E-state index in [0.717, 1.165) is 4.90 Å². The largest absolute Gasteiger partial charge is 0.494 e. The van der Waals surface area contributed by atoms with Crippen molar-refractivity contribution in [3.8, 4) is 17.2 Å². The van der Waals surface area contributed by atoms with Crippen LogP contribution in [0.15, 0.2) is 48.0 Å². The monoisotopic (exact) mass is 468 g/mol. The van der Waals surface area contributed by atoms with Gasteiger partial charge in [-0.3, -0.25) is 14.9 Å². The quantitative estimate of drug-likeness (QED) is 0.424. The number of amides is 4. The van der Waals surface area contributed by atoms with Crippen LogP contribution in [0.2, 0.25) is 0 Å². The van der Waals surface area contributed by atoms with Crippen LogP contribution < -0.4 is 24.4 Å². The van der Waals surface area contributed by atoms with Gasteiger partial charge in [-0.2, -0.15) is 0 Å². The van der Waals surface area contributed by atoms with Crippen molar-refractivity contribution in [3.63, 3.8) is 0 Å². The molecule has 2 aromatic carbocycles. The number of carbonyl (C=O) groups excluding carboxylic acids is 3. The lowest BCUT2D eigenvalue weighted by Gasteiger charge is -2.26. The summed E-state index contributed by atoms with van der Waals surface area (Å²) >= 11 is 0. The Labute approximate surface area is 195 Å². The molecule has 0 bridgehead atoms. The minimum absolute atomic E-state index is 0.199. The minimum Gasteiger partial charge on any atom is -0.494 e. The Morgan fingerprint density at radius 3 is 2.32 bits per heavy atom. The van der Waals surface area contributed by atoms with Crippen LogP contribution in [0, 0.1) is 0 Å². The highest BCUT2D eigenvalue weighted by Gasteiger charge is 2.36. The molecule has 1 aliphatic rings. The number of benzene rings is 2. The number of ether oxygens (including phenoxy) is 3. The molecule has 3 rings (SSSR count). The lowest BCUT2D eigenvalue weighted by atomic mass is 10.1. The summed E-state index contributed by atoms with van der Waals surface area (Å²) in [5, 5.41) is 11.2. The number of rotatable bonds is 9. The molecule has 10 nitrogen and oxygen atoms in total. The molecule has 0 radical (unpaired) electrons. The number of carbonyl (C=O) groups is 4. The topological polar surface area (TPSA) is 131 Å². The predicted molar refractivity (Wildman–Crippen MR) is 122 cm³/mol. The molecule has 0 aliphatic carbocycles. The standard InChI is InChI=1S/C24H24N2O8/c1-4-32-17-9-7-16(8-10-17)26-22(28)18(21(27)25-24(26)31)12-15-6-11-19(20(13-15)33-5-2)34-14(3)23(29)30/h6-14H,4-5H2,1-3H3,(H,29,30)(H,25,27,31). The summed E-state index contributed by atoms with van der Waals surface area (Å²) in [4.78, 5) is 49.9. The number of nitrogens with zero attached hydrogens (tertiary/aromatic N) is 1. The van der Waals surface area contributed by atoms with Crippen molar-refractivity contribution in [1.29, 1.82) is 0 Å². The minimum atomic E-state index is -1.14. The molecule has 0 saturated carbocycles. The first kappa shape index (κ1) is 24.3. The van der Waals surface area contributed by atoms with Crippen LogP contribution in [-0.4, -0.2) is 48.2 Å². The van der Waals surface area contributed by atoms with Crippen LogP contribution in [0.4, 0.5) is 10.5 Å². The number of hydrogen-bond acceptors (Lipinski definition) is 7. The Morgan fingerprint density at radius 1 is 1.03 bits per heavy atom. The van der Waals surface area contributed by atoms with Crippen molar-refractivity contribution in [3.05, 3.63) is 53.6 Å². The van der Waals surface area contributed by atoms with Crippen molar-refractivity contribution >= 4 is 35.6 Å². The zero-order chi connectivity index (χ0) is 24.8. The molecule has 1 fully saturated rings. The van der Waals surface area contributed by atoms with E-state index in [-0.39, 0.29) is 29.4 Å². The van der Waals surface area contributed by atoms with E-state index in [9.17, 15) is 19.2 Å². The van der Waals surface area contributed by atoms with Crippen LogP contribution in [0.3, 0.4) is 0 Å². The molecule has 4 amide bonds. The second-order valence-corrected chi connectivity index (χ2v) is 7.12. The van der Waals surface area contributed by atoms with Crippen LogP contribution in [0.1, 0.15) is 26.3 Å². The Bertz CT molecular complexity index is 1140. The fourth-order valence-corrected chi connectivity index (χ4v) is 3.14. The summed E-state index contributed by atoms with van der Waals surface area (Å²) < 4.78 is 16.3. The van der Waals surface area contributed by atoms with E-state index in [2.05, 4.69) is 5.32 Å². The van der Waals surface area contributed by atoms with Crippen LogP contribution in [-0.2, 0) is 14.4 Å². The molecular weight excluding hydrogens is 444 g/mol. The van der Waals surface area contributed by atoms with E-state index < -0.39 is 29.9 Å². The number of carboxylic acids is 1. The summed E-state index contributed by atoms with van der Waals surface area (Å²) in [7, 11) is 0. The third kappa shape index (κ3) is 5.34. The van der Waals surface area contributed by atoms with Gasteiger partial charge in [0.05, 0.1) is 18.9 Å². The average Bonchev–Trinajstić information content (AvgIpc) is 2.79. The molecule has 178 valence electrons. The van der Waals surface area contributed by atoms with Gasteiger partial charge < -0.3 is 19.3 Å². The van der Waals surface area contributed by atoms with Gasteiger partial charge in [0.15, 0.2) is 17.6 Å². The summed E-state index contributed by atoms with van der Waals surface area (Å²) in [6.45, 7) is 5.70. The molecule has 2 aromatic rings. The maximum Gasteiger partial charge on any atom is 0.344 e. The number of barbiturate groups is 1. The van der Waals surface area contributed by atoms with E-state index in [4.69, 9.17) is 19.3 Å². The summed E-state index contributed by atoms with van der Waals surface area (Å²) in [6, 6.07) is 9.98. The molecular formula is C24H24N2O8. The summed E-state index contributed by atoms with van der Waals surface area (Å²) in [5.41, 5.74) is 0.424. The fraction of sp³-hybridized carbons (Fsp3) is 0.250. The normalized spacial score (nSPS) is 15.7. The van der Waals surface area contributed by atoms with Crippen molar-refractivity contribution in [2.24, 2.45) is 0 Å². The number of nitrogens with one attached hydrogen (secondary N) is 1. The van der Waals surface area contributed by atoms with Crippen molar-refractivity contribution in [1.82, 2.24) is 5.32 Å². The third-order valence-electron chi connectivity index (χ3n) is 4.74. The van der Waals surface area contributed by atoms with E-state index in [1.165, 1.54) is 31.2 Å². The molecule has 1 unspecified atom stereocenters. The molecule has 0 spiro atoms. The number of aliphatic carboxylic acids is 1. The highest BCUT2D eigenvalue weighted by atomic mass is 16.5. The van der Waals surface area contributed by atoms with Gasteiger partial charge in [-0.05, 0) is 68.8 Å². The second kappa shape index (κ2) is 10.5. The van der Waals surface area contributed by atoms with Gasteiger partial charge in [-0.15, -0.1) is 0 Å². The lowest BCUT2D eigenvalue weighted by Crippen LogP contribution is -2.54. The maximum absolute atomic E-state index is 13.1. The predicted octanol–water partition coefficient (Wildman–Crippen LogP) is 3.00. The number of imide groups is 2. The van der Waals surface area contributed by atoms with Crippen molar-refractivity contribution < 1.29 is 38.5 Å². The maximum atomic E-state index is 13.1. The number of urea groups is 1. The Balaban J connectivity index is 1.93. The molecule has 0 aromatic heterocycles. The first-order valence-corrected chi connectivity index (χ1v) is 10.6. The number of carboxylic acid groups (broad SMARTS) is 1. The Hall–Kier alpha value is -4.34. The molecule has 2 N–H and O–H groups in total. The molecule has 1 heterocycles. The Morgan fingerprint density at radius 2 is 1.71 bits per heavy atom. The van der Waals surface area contributed by atoms with E-state index in [1.54, 1.807) is 31.2 Å². The fourth-order valence-electron chi connectivity index (χ4n) is 3.14. The average molecular weight is 468 g/mol. The van der Waals surface area contributed by atoms with Crippen LogP contribution in [0.5, 0.6) is 17.2 Å². The zero-order valence-corrected chi connectivity index (χ0v) is 18.9. The van der Waals surface area contributed by atoms with Gasteiger partial charge in [0, 0.05) is 0 Å². The summed E-state index contributed by atoms with van der Waals surface area (Å²) in [6.07, 6.45) is 0.210. The second-order valence-electron chi connectivity index (χ2n) is 7.12. The van der Waals surface area contributed by atoms with E-state index in [0.29, 0.717) is 17.9 Å². The van der Waals surface area contributed by atoms with Gasteiger partial charge in [0.2, 0.25) is 0 Å². The smallest absolute Gasteiger partial charge is 0.344 e. The Kier molecular flexibility index (Phi) is 7.52. The zero-order valence-electron chi connectivity index (χ0n) is 18.9. The highest BCUT2D eigenvalue weighted by Crippen LogP contribution is 2.31. The molecule has 10 heteroatoms. The molecule has 34 heavy (non-hydrogen) atoms. The van der Waals surface area contributed by atoms with E-state index >= 15 is 0 Å². The first-order chi connectivity index (χ1) is 16.2. The van der Waals surface area contributed by atoms with Crippen molar-refractivity contribution in [2.45, 2.75) is 26.9 Å². The van der Waals surface area contributed by atoms with Crippen molar-refractivity contribution in [2.75, 3.05) is 18.1 Å². The van der Waals surface area contributed by atoms with Gasteiger partial charge in [-0.25, -0.2) is 14.5 Å². The number of anilines is 1. The number of hydrogen-bond donors (Lipinski definition) is 2. The third-order valence-corrected chi connectivity index (χ3v) is 4.74. The highest BCUT2D eigenvalue weighted by molar-refractivity contribution is 6.39. The van der Waals surface area contributed by atoms with Gasteiger partial charge >= 0.3 is 12.0 Å². The molecule has 1 aliphatic heterocycles. The SMILES string of the molecule is CCOc1ccc(N2C(=O)NC(=O)C(=Cc3ccc(OC(C)C(=O)O)c(OCC)c3)C2=O)cc1.